The Bertz CT molecular complexity index is 807. The quantitative estimate of drug-likeness (QED) is 0.704. The van der Waals surface area contributed by atoms with E-state index in [0.717, 1.165) is 0 Å². The summed E-state index contributed by atoms with van der Waals surface area (Å²) in [6, 6.07) is 0. The largest absolute Gasteiger partial charge is 0.422 e. The average molecular weight is 432 g/mol. The van der Waals surface area contributed by atoms with Gasteiger partial charge in [0.05, 0.1) is 23.1 Å². The minimum Gasteiger partial charge on any atom is -0.387 e. The molecule has 0 aromatic heterocycles. The number of aliphatic hydroxyl groups is 1. The smallest absolute Gasteiger partial charge is 0.387 e. The van der Waals surface area contributed by atoms with Crippen LogP contribution in [-0.2, 0) is 17.1 Å². The third-order valence-electron chi connectivity index (χ3n) is 4.07. The number of methoxy groups -OCH3 is 1. The molecular weight excluding hydrogens is 425 g/mol. The first kappa shape index (κ1) is 22.3. The summed E-state index contributed by atoms with van der Waals surface area (Å²) in [6.45, 7) is 0. The molecule has 14 heteroatoms. The van der Waals surface area contributed by atoms with E-state index in [9.17, 15) is 58.2 Å². The first-order chi connectivity index (χ1) is 12.5. The van der Waals surface area contributed by atoms with Crippen LogP contribution in [0.1, 0.15) is 33.2 Å². The predicted molar refractivity (Wildman–Crippen MR) is 66.0 cm³/mol. The van der Waals surface area contributed by atoms with Gasteiger partial charge >= 0.3 is 18.5 Å². The highest BCUT2D eigenvalue weighted by Gasteiger charge is 2.59. The van der Waals surface area contributed by atoms with Crippen LogP contribution in [0, 0.1) is 17.6 Å². The van der Waals surface area contributed by atoms with Crippen LogP contribution in [0.3, 0.4) is 0 Å². The molecular formula is C14H7F11O3. The van der Waals surface area contributed by atoms with Gasteiger partial charge in [-0.15, -0.1) is 0 Å². The molecule has 158 valence electrons. The van der Waals surface area contributed by atoms with Gasteiger partial charge in [0.15, 0.2) is 17.7 Å². The molecule has 0 spiro atoms. The SMILES string of the molecule is COC(C1C(=O)c2c(F)c(C(F)(F)F)c(F)c(C(F)(F)F)c2C1O)C(F)(F)F. The summed E-state index contributed by atoms with van der Waals surface area (Å²) in [4.78, 5) is 12.1. The van der Waals surface area contributed by atoms with Crippen molar-refractivity contribution in [2.24, 2.45) is 5.92 Å². The van der Waals surface area contributed by atoms with Gasteiger partial charge in [0.1, 0.15) is 11.4 Å². The second-order valence-corrected chi connectivity index (χ2v) is 5.69. The summed E-state index contributed by atoms with van der Waals surface area (Å²) in [5.74, 6) is -11.3. The molecule has 3 atom stereocenters. The van der Waals surface area contributed by atoms with Crippen LogP contribution in [-0.4, -0.2) is 30.3 Å². The Balaban J connectivity index is 2.92. The fraction of sp³-hybridized carbons (Fsp3) is 0.500. The number of hydrogen-bond acceptors (Lipinski definition) is 3. The maximum atomic E-state index is 14.2. The Morgan fingerprint density at radius 3 is 1.71 bits per heavy atom. The molecule has 0 heterocycles. The van der Waals surface area contributed by atoms with E-state index in [1.165, 1.54) is 0 Å². The number of halogens is 11. The molecule has 1 aliphatic carbocycles. The Morgan fingerprint density at radius 1 is 0.893 bits per heavy atom. The molecule has 1 aromatic carbocycles. The molecule has 0 radical (unpaired) electrons. The number of carbonyl (C=O) groups is 1. The van der Waals surface area contributed by atoms with Gasteiger partial charge in [-0.2, -0.15) is 39.5 Å². The number of fused-ring (bicyclic) bond motifs is 1. The molecule has 0 aliphatic heterocycles. The summed E-state index contributed by atoms with van der Waals surface area (Å²) in [5.41, 5.74) is -10.2. The standard InChI is InChI=1S/C14H7F11O3/c1-28-11(14(23,24)25)4-9(26)2-3(10(4)27)7(15)6(13(20,21)22)8(16)5(2)12(17,18)19/h4,9,11,26H,1H3. The number of carbonyl (C=O) groups excluding carboxylic acids is 1. The first-order valence-corrected chi connectivity index (χ1v) is 6.97. The lowest BCUT2D eigenvalue weighted by molar-refractivity contribution is -0.230. The van der Waals surface area contributed by atoms with Crippen molar-refractivity contribution >= 4 is 5.78 Å². The molecule has 3 unspecified atom stereocenters. The second-order valence-electron chi connectivity index (χ2n) is 5.69. The Hall–Kier alpha value is -1.96. The van der Waals surface area contributed by atoms with Crippen LogP contribution in [0.15, 0.2) is 0 Å². The van der Waals surface area contributed by atoms with Crippen molar-refractivity contribution in [1.82, 2.24) is 0 Å². The summed E-state index contributed by atoms with van der Waals surface area (Å²) in [6.07, 6.45) is -24.0. The van der Waals surface area contributed by atoms with E-state index in [-0.39, 0.29) is 0 Å². The Labute approximate surface area is 147 Å². The lowest BCUT2D eigenvalue weighted by atomic mass is 9.93. The summed E-state index contributed by atoms with van der Waals surface area (Å²) in [5, 5.41) is 9.85. The monoisotopic (exact) mass is 432 g/mol. The zero-order valence-electron chi connectivity index (χ0n) is 13.2. The number of ketones is 1. The molecule has 28 heavy (non-hydrogen) atoms. The number of aliphatic hydroxyl groups excluding tert-OH is 1. The van der Waals surface area contributed by atoms with Gasteiger partial charge in [0.25, 0.3) is 0 Å². The maximum absolute atomic E-state index is 14.2. The van der Waals surface area contributed by atoms with E-state index in [1.807, 2.05) is 0 Å². The molecule has 3 nitrogen and oxygen atoms in total. The number of alkyl halides is 9. The van der Waals surface area contributed by atoms with Gasteiger partial charge in [-0.1, -0.05) is 0 Å². The van der Waals surface area contributed by atoms with Crippen molar-refractivity contribution in [3.05, 3.63) is 33.9 Å². The van der Waals surface area contributed by atoms with Gasteiger partial charge in [-0.25, -0.2) is 8.78 Å². The lowest BCUT2D eigenvalue weighted by Gasteiger charge is -2.26. The fourth-order valence-corrected chi connectivity index (χ4v) is 3.05. The highest BCUT2D eigenvalue weighted by Crippen LogP contribution is 2.52. The summed E-state index contributed by atoms with van der Waals surface area (Å²) < 4.78 is 149. The van der Waals surface area contributed by atoms with E-state index >= 15 is 0 Å². The van der Waals surface area contributed by atoms with Crippen LogP contribution in [0.4, 0.5) is 48.3 Å². The number of benzene rings is 1. The number of hydrogen-bond donors (Lipinski definition) is 1. The summed E-state index contributed by atoms with van der Waals surface area (Å²) in [7, 11) is 0.351. The highest BCUT2D eigenvalue weighted by molar-refractivity contribution is 6.04. The number of ether oxygens (including phenoxy) is 1. The molecule has 0 bridgehead atoms. The van der Waals surface area contributed by atoms with Crippen LogP contribution >= 0.6 is 0 Å². The van der Waals surface area contributed by atoms with Gasteiger partial charge in [0, 0.05) is 12.7 Å². The first-order valence-electron chi connectivity index (χ1n) is 6.97. The van der Waals surface area contributed by atoms with Crippen LogP contribution in [0.25, 0.3) is 0 Å². The van der Waals surface area contributed by atoms with Gasteiger partial charge in [-0.3, -0.25) is 4.79 Å². The zero-order valence-corrected chi connectivity index (χ0v) is 13.2. The van der Waals surface area contributed by atoms with Gasteiger partial charge in [0.2, 0.25) is 0 Å². The Morgan fingerprint density at radius 2 is 1.36 bits per heavy atom. The van der Waals surface area contributed by atoms with E-state index in [2.05, 4.69) is 4.74 Å². The minimum atomic E-state index is -6.06. The fourth-order valence-electron chi connectivity index (χ4n) is 3.05. The van der Waals surface area contributed by atoms with E-state index in [4.69, 9.17) is 0 Å². The van der Waals surface area contributed by atoms with Crippen molar-refractivity contribution in [3.8, 4) is 0 Å². The Kier molecular flexibility index (Phi) is 5.22. The van der Waals surface area contributed by atoms with Crippen molar-refractivity contribution in [2.45, 2.75) is 30.7 Å². The van der Waals surface area contributed by atoms with Gasteiger partial charge < -0.3 is 9.84 Å². The van der Waals surface area contributed by atoms with Crippen molar-refractivity contribution in [3.63, 3.8) is 0 Å². The molecule has 2 rings (SSSR count). The van der Waals surface area contributed by atoms with Crippen molar-refractivity contribution in [2.75, 3.05) is 7.11 Å². The molecule has 1 N–H and O–H groups in total. The minimum absolute atomic E-state index is 0.351. The normalized spacial score (nSPS) is 21.8. The lowest BCUT2D eigenvalue weighted by Crippen LogP contribution is -2.42. The van der Waals surface area contributed by atoms with E-state index < -0.39 is 76.3 Å². The third kappa shape index (κ3) is 3.32. The molecule has 1 aliphatic rings. The molecule has 1 aromatic rings. The molecule has 0 saturated heterocycles. The van der Waals surface area contributed by atoms with Crippen molar-refractivity contribution < 1.29 is 62.9 Å². The second kappa shape index (κ2) is 6.54. The number of rotatable bonds is 2. The van der Waals surface area contributed by atoms with E-state index in [0.29, 0.717) is 7.11 Å². The summed E-state index contributed by atoms with van der Waals surface area (Å²) >= 11 is 0. The van der Waals surface area contributed by atoms with Crippen LogP contribution in [0.2, 0.25) is 0 Å². The van der Waals surface area contributed by atoms with E-state index in [1.54, 1.807) is 0 Å². The number of Topliss-reactive ketones (excluding diaryl/α,β-unsaturated/α-hetero) is 1. The highest BCUT2D eigenvalue weighted by atomic mass is 19.4. The average Bonchev–Trinajstić information content (AvgIpc) is 2.69. The van der Waals surface area contributed by atoms with Gasteiger partial charge in [-0.05, 0) is 0 Å². The maximum Gasteiger partial charge on any atom is 0.422 e. The molecule has 0 saturated carbocycles. The topological polar surface area (TPSA) is 46.5 Å². The third-order valence-corrected chi connectivity index (χ3v) is 4.07. The predicted octanol–water partition coefficient (Wildman–Crippen LogP) is 4.43. The van der Waals surface area contributed by atoms with Crippen LogP contribution in [0.5, 0.6) is 0 Å². The van der Waals surface area contributed by atoms with Crippen molar-refractivity contribution in [1.29, 1.82) is 0 Å². The van der Waals surface area contributed by atoms with Crippen LogP contribution < -0.4 is 0 Å². The molecule has 0 amide bonds. The molecule has 0 fully saturated rings. The zero-order chi connectivity index (χ0) is 22.0.